The molecule has 3 nitrogen and oxygen atoms in total. The summed E-state index contributed by atoms with van der Waals surface area (Å²) in [6, 6.07) is 25.3. The summed E-state index contributed by atoms with van der Waals surface area (Å²) in [5, 5.41) is 3.05. The van der Waals surface area contributed by atoms with Crippen molar-refractivity contribution in [1.29, 1.82) is 0 Å². The van der Waals surface area contributed by atoms with E-state index < -0.39 is 0 Å². The van der Waals surface area contributed by atoms with Gasteiger partial charge in [-0.15, -0.1) is 0 Å². The molecule has 3 heteroatoms. The lowest BCUT2D eigenvalue weighted by Crippen LogP contribution is -2.14. The van der Waals surface area contributed by atoms with Crippen LogP contribution >= 0.6 is 0 Å². The molecule has 0 spiro atoms. The highest BCUT2D eigenvalue weighted by molar-refractivity contribution is 6.04. The summed E-state index contributed by atoms with van der Waals surface area (Å²) >= 11 is 0. The molecular weight excluding hydrogens is 334 g/mol. The van der Waals surface area contributed by atoms with E-state index in [2.05, 4.69) is 25.2 Å². The summed E-state index contributed by atoms with van der Waals surface area (Å²) in [6.45, 7) is 4.79. The number of hydrogen-bond acceptors (Lipinski definition) is 2. The molecule has 0 heterocycles. The van der Waals surface area contributed by atoms with Crippen molar-refractivity contribution < 1.29 is 9.53 Å². The normalized spacial score (nSPS) is 11.6. The molecule has 138 valence electrons. The van der Waals surface area contributed by atoms with Crippen molar-refractivity contribution in [1.82, 2.24) is 0 Å². The summed E-state index contributed by atoms with van der Waals surface area (Å²) in [7, 11) is 0. The predicted molar refractivity (Wildman–Crippen MR) is 110 cm³/mol. The Labute approximate surface area is 161 Å². The third kappa shape index (κ3) is 4.98. The van der Waals surface area contributed by atoms with Gasteiger partial charge in [0.25, 0.3) is 5.91 Å². The standard InChI is InChI=1S/C24H25NO2/c1-3-18(2)22-14-7-8-15-23(22)25-24(26)20-12-9-13-21(16-20)27-17-19-10-5-4-6-11-19/h4-16,18H,3,17H2,1-2H3,(H,25,26). The first kappa shape index (κ1) is 18.7. The summed E-state index contributed by atoms with van der Waals surface area (Å²) in [5.74, 6) is 0.944. The van der Waals surface area contributed by atoms with Crippen LogP contribution in [0.1, 0.15) is 47.7 Å². The van der Waals surface area contributed by atoms with E-state index in [4.69, 9.17) is 4.74 Å². The lowest BCUT2D eigenvalue weighted by atomic mass is 9.97. The van der Waals surface area contributed by atoms with Crippen molar-refractivity contribution in [2.75, 3.05) is 5.32 Å². The van der Waals surface area contributed by atoms with Gasteiger partial charge >= 0.3 is 0 Å². The smallest absolute Gasteiger partial charge is 0.255 e. The molecule has 1 atom stereocenters. The Morgan fingerprint density at radius 1 is 0.963 bits per heavy atom. The summed E-state index contributed by atoms with van der Waals surface area (Å²) in [5.41, 5.74) is 3.70. The highest BCUT2D eigenvalue weighted by atomic mass is 16.5. The van der Waals surface area contributed by atoms with E-state index in [1.54, 1.807) is 12.1 Å². The maximum Gasteiger partial charge on any atom is 0.255 e. The van der Waals surface area contributed by atoms with E-state index in [0.29, 0.717) is 23.8 Å². The Kier molecular flexibility index (Phi) is 6.26. The van der Waals surface area contributed by atoms with Crippen LogP contribution in [0.25, 0.3) is 0 Å². The Bertz CT molecular complexity index is 890. The molecule has 1 unspecified atom stereocenters. The molecular formula is C24H25NO2. The van der Waals surface area contributed by atoms with E-state index in [1.165, 1.54) is 0 Å². The number of anilines is 1. The average Bonchev–Trinajstić information content (AvgIpc) is 2.73. The van der Waals surface area contributed by atoms with Gasteiger partial charge in [0.15, 0.2) is 0 Å². The second kappa shape index (κ2) is 9.04. The lowest BCUT2D eigenvalue weighted by Gasteiger charge is -2.16. The van der Waals surface area contributed by atoms with Crippen LogP contribution < -0.4 is 10.1 Å². The van der Waals surface area contributed by atoms with Gasteiger partial charge in [-0.2, -0.15) is 0 Å². The van der Waals surface area contributed by atoms with Gasteiger partial charge in [-0.3, -0.25) is 4.79 Å². The molecule has 0 fully saturated rings. The first-order valence-corrected chi connectivity index (χ1v) is 9.34. The van der Waals surface area contributed by atoms with Gasteiger partial charge < -0.3 is 10.1 Å². The number of carbonyl (C=O) groups excluding carboxylic acids is 1. The Morgan fingerprint density at radius 3 is 2.48 bits per heavy atom. The van der Waals surface area contributed by atoms with Crippen molar-refractivity contribution in [2.45, 2.75) is 32.8 Å². The van der Waals surface area contributed by atoms with Crippen LogP contribution in [0, 0.1) is 0 Å². The lowest BCUT2D eigenvalue weighted by molar-refractivity contribution is 0.102. The first-order chi connectivity index (χ1) is 13.2. The van der Waals surface area contributed by atoms with E-state index in [9.17, 15) is 4.79 Å². The van der Waals surface area contributed by atoms with Crippen LogP contribution in [0.2, 0.25) is 0 Å². The molecule has 0 radical (unpaired) electrons. The van der Waals surface area contributed by atoms with Gasteiger partial charge in [0.1, 0.15) is 12.4 Å². The average molecular weight is 359 g/mol. The van der Waals surface area contributed by atoms with Crippen LogP contribution in [-0.4, -0.2) is 5.91 Å². The first-order valence-electron chi connectivity index (χ1n) is 9.34. The second-order valence-electron chi connectivity index (χ2n) is 6.65. The molecule has 27 heavy (non-hydrogen) atoms. The van der Waals surface area contributed by atoms with Crippen LogP contribution in [-0.2, 0) is 6.61 Å². The molecule has 3 aromatic carbocycles. The SMILES string of the molecule is CCC(C)c1ccccc1NC(=O)c1cccc(OCc2ccccc2)c1. The van der Waals surface area contributed by atoms with Gasteiger partial charge in [0.2, 0.25) is 0 Å². The number of para-hydroxylation sites is 1. The van der Waals surface area contributed by atoms with Gasteiger partial charge in [-0.25, -0.2) is 0 Å². The predicted octanol–water partition coefficient (Wildman–Crippen LogP) is 6.03. The molecule has 3 rings (SSSR count). The minimum Gasteiger partial charge on any atom is -0.489 e. The molecule has 0 bridgehead atoms. The number of rotatable bonds is 7. The third-order valence-corrected chi connectivity index (χ3v) is 4.70. The van der Waals surface area contributed by atoms with Gasteiger partial charge in [-0.05, 0) is 47.7 Å². The number of benzene rings is 3. The number of ether oxygens (including phenoxy) is 1. The van der Waals surface area contributed by atoms with Gasteiger partial charge in [0, 0.05) is 11.3 Å². The molecule has 0 aliphatic heterocycles. The van der Waals surface area contributed by atoms with Crippen molar-refractivity contribution in [2.24, 2.45) is 0 Å². The molecule has 0 saturated carbocycles. The van der Waals surface area contributed by atoms with E-state index in [0.717, 1.165) is 23.2 Å². The fourth-order valence-corrected chi connectivity index (χ4v) is 2.92. The molecule has 0 saturated heterocycles. The molecule has 0 aromatic heterocycles. The van der Waals surface area contributed by atoms with Gasteiger partial charge in [-0.1, -0.05) is 68.4 Å². The molecule has 1 N–H and O–H groups in total. The number of hydrogen-bond donors (Lipinski definition) is 1. The monoisotopic (exact) mass is 359 g/mol. The maximum absolute atomic E-state index is 12.7. The number of carbonyl (C=O) groups is 1. The molecule has 1 amide bonds. The van der Waals surface area contributed by atoms with E-state index in [-0.39, 0.29) is 5.91 Å². The van der Waals surface area contributed by atoms with Crippen molar-refractivity contribution in [3.63, 3.8) is 0 Å². The van der Waals surface area contributed by atoms with Crippen LogP contribution in [0.4, 0.5) is 5.69 Å². The summed E-state index contributed by atoms with van der Waals surface area (Å²) in [6.07, 6.45) is 1.02. The largest absolute Gasteiger partial charge is 0.489 e. The Morgan fingerprint density at radius 2 is 1.70 bits per heavy atom. The minimum atomic E-state index is -0.129. The molecule has 0 aliphatic carbocycles. The summed E-state index contributed by atoms with van der Waals surface area (Å²) < 4.78 is 5.83. The van der Waals surface area contributed by atoms with Crippen molar-refractivity contribution in [3.05, 3.63) is 95.6 Å². The fourth-order valence-electron chi connectivity index (χ4n) is 2.92. The zero-order valence-electron chi connectivity index (χ0n) is 15.8. The quantitative estimate of drug-likeness (QED) is 0.559. The Hall–Kier alpha value is -3.07. The van der Waals surface area contributed by atoms with Crippen LogP contribution in [0.5, 0.6) is 5.75 Å². The van der Waals surface area contributed by atoms with Crippen LogP contribution in [0.15, 0.2) is 78.9 Å². The highest BCUT2D eigenvalue weighted by Gasteiger charge is 2.13. The van der Waals surface area contributed by atoms with Crippen molar-refractivity contribution >= 4 is 11.6 Å². The fraction of sp³-hybridized carbons (Fsp3) is 0.208. The van der Waals surface area contributed by atoms with Gasteiger partial charge in [0.05, 0.1) is 0 Å². The highest BCUT2D eigenvalue weighted by Crippen LogP contribution is 2.27. The zero-order valence-corrected chi connectivity index (χ0v) is 15.8. The minimum absolute atomic E-state index is 0.129. The zero-order chi connectivity index (χ0) is 19.1. The van der Waals surface area contributed by atoms with Crippen molar-refractivity contribution in [3.8, 4) is 5.75 Å². The van der Waals surface area contributed by atoms with E-state index in [1.807, 2.05) is 60.7 Å². The number of amides is 1. The van der Waals surface area contributed by atoms with Crippen LogP contribution in [0.3, 0.4) is 0 Å². The maximum atomic E-state index is 12.7. The second-order valence-corrected chi connectivity index (χ2v) is 6.65. The molecule has 3 aromatic rings. The summed E-state index contributed by atoms with van der Waals surface area (Å²) in [4.78, 5) is 12.7. The topological polar surface area (TPSA) is 38.3 Å². The molecule has 0 aliphatic rings. The Balaban J connectivity index is 1.71. The third-order valence-electron chi connectivity index (χ3n) is 4.70. The van der Waals surface area contributed by atoms with E-state index >= 15 is 0 Å². The number of nitrogens with one attached hydrogen (secondary N) is 1.